The highest BCUT2D eigenvalue weighted by Crippen LogP contribution is 2.47. The lowest BCUT2D eigenvalue weighted by atomic mass is 9.79. The van der Waals surface area contributed by atoms with Gasteiger partial charge in [0.15, 0.2) is 11.5 Å². The molecule has 5 heteroatoms. The third-order valence-electron chi connectivity index (χ3n) is 4.24. The molecule has 4 nitrogen and oxygen atoms in total. The number of guanidine groups is 1. The van der Waals surface area contributed by atoms with Gasteiger partial charge < -0.3 is 5.73 Å². The highest BCUT2D eigenvalue weighted by Gasteiger charge is 2.51. The SMILES string of the molecule is CN1C(=O)C2(CCCc3sc(C(C)(C)C)cc32)N=C1N. The molecule has 1 atom stereocenters. The number of aryl methyl sites for hydroxylation is 1. The first kappa shape index (κ1) is 13.6. The lowest BCUT2D eigenvalue weighted by molar-refractivity contribution is -0.131. The Labute approximate surface area is 123 Å². The molecule has 0 fully saturated rings. The van der Waals surface area contributed by atoms with E-state index in [1.165, 1.54) is 14.7 Å². The quantitative estimate of drug-likeness (QED) is 0.797. The molecule has 1 aromatic rings. The number of amides is 1. The van der Waals surface area contributed by atoms with E-state index in [1.807, 2.05) is 11.3 Å². The highest BCUT2D eigenvalue weighted by molar-refractivity contribution is 7.12. The Hall–Kier alpha value is -1.36. The number of carbonyl (C=O) groups excluding carboxylic acids is 1. The lowest BCUT2D eigenvalue weighted by Crippen LogP contribution is -2.41. The van der Waals surface area contributed by atoms with E-state index in [1.54, 1.807) is 7.05 Å². The van der Waals surface area contributed by atoms with Gasteiger partial charge in [-0.3, -0.25) is 9.69 Å². The Morgan fingerprint density at radius 1 is 1.45 bits per heavy atom. The molecule has 2 N–H and O–H groups in total. The van der Waals surface area contributed by atoms with Crippen LogP contribution in [-0.2, 0) is 22.2 Å². The fourth-order valence-electron chi connectivity index (χ4n) is 3.01. The van der Waals surface area contributed by atoms with Crippen molar-refractivity contribution in [1.29, 1.82) is 0 Å². The van der Waals surface area contributed by atoms with Crippen LogP contribution in [0.25, 0.3) is 0 Å². The van der Waals surface area contributed by atoms with Crippen LogP contribution in [-0.4, -0.2) is 23.8 Å². The van der Waals surface area contributed by atoms with E-state index in [0.717, 1.165) is 24.8 Å². The number of nitrogens with two attached hydrogens (primary N) is 1. The van der Waals surface area contributed by atoms with Gasteiger partial charge in [0.05, 0.1) is 0 Å². The van der Waals surface area contributed by atoms with E-state index < -0.39 is 5.54 Å². The minimum absolute atomic E-state index is 0.0224. The van der Waals surface area contributed by atoms with Crippen LogP contribution in [0.5, 0.6) is 0 Å². The summed E-state index contributed by atoms with van der Waals surface area (Å²) in [5, 5.41) is 0. The van der Waals surface area contributed by atoms with Crippen LogP contribution in [0, 0.1) is 0 Å². The molecule has 2 heterocycles. The molecule has 2 aliphatic rings. The summed E-state index contributed by atoms with van der Waals surface area (Å²) in [4.78, 5) is 21.3. The monoisotopic (exact) mass is 291 g/mol. The second kappa shape index (κ2) is 4.07. The van der Waals surface area contributed by atoms with Crippen molar-refractivity contribution < 1.29 is 4.79 Å². The maximum absolute atomic E-state index is 12.7. The standard InChI is InChI=1S/C15H21N3OS/c1-14(2,3)11-8-9-10(20-11)6-5-7-15(9)12(19)18(4)13(16)17-15/h8H,5-7H2,1-4H3,(H2,16,17). The molecule has 3 rings (SSSR count). The molecule has 1 aromatic heterocycles. The number of likely N-dealkylation sites (N-methyl/N-ethyl adjacent to an activating group) is 1. The average molecular weight is 291 g/mol. The van der Waals surface area contributed by atoms with Crippen LogP contribution in [0.4, 0.5) is 0 Å². The first-order valence-corrected chi connectivity index (χ1v) is 7.84. The Balaban J connectivity index is 2.16. The molecule has 0 saturated carbocycles. The predicted molar refractivity (Wildman–Crippen MR) is 82.0 cm³/mol. The number of hydrogen-bond donors (Lipinski definition) is 1. The molecule has 0 bridgehead atoms. The predicted octanol–water partition coefficient (Wildman–Crippen LogP) is 2.36. The van der Waals surface area contributed by atoms with E-state index >= 15 is 0 Å². The molecule has 20 heavy (non-hydrogen) atoms. The van der Waals surface area contributed by atoms with Crippen molar-refractivity contribution >= 4 is 23.2 Å². The van der Waals surface area contributed by atoms with Gasteiger partial charge in [-0.2, -0.15) is 0 Å². The van der Waals surface area contributed by atoms with Gasteiger partial charge in [0.2, 0.25) is 0 Å². The van der Waals surface area contributed by atoms with Crippen molar-refractivity contribution in [1.82, 2.24) is 4.90 Å². The number of rotatable bonds is 0. The van der Waals surface area contributed by atoms with E-state index in [-0.39, 0.29) is 11.3 Å². The maximum Gasteiger partial charge on any atom is 0.261 e. The first-order valence-electron chi connectivity index (χ1n) is 7.03. The third-order valence-corrected chi connectivity index (χ3v) is 5.86. The second-order valence-electron chi connectivity index (χ2n) is 6.75. The van der Waals surface area contributed by atoms with E-state index in [9.17, 15) is 4.79 Å². The van der Waals surface area contributed by atoms with E-state index in [4.69, 9.17) is 5.73 Å². The van der Waals surface area contributed by atoms with Gasteiger partial charge in [0.1, 0.15) is 0 Å². The summed E-state index contributed by atoms with van der Waals surface area (Å²) in [5.74, 6) is 0.362. The molecular formula is C15H21N3OS. The van der Waals surface area contributed by atoms with Crippen LogP contribution in [0.3, 0.4) is 0 Å². The summed E-state index contributed by atoms with van der Waals surface area (Å²) in [6, 6.07) is 2.19. The summed E-state index contributed by atoms with van der Waals surface area (Å²) in [7, 11) is 1.71. The van der Waals surface area contributed by atoms with E-state index in [2.05, 4.69) is 31.8 Å². The summed E-state index contributed by atoms with van der Waals surface area (Å²) in [6.45, 7) is 6.62. The fraction of sp³-hybridized carbons (Fsp3) is 0.600. The Kier molecular flexibility index (Phi) is 2.77. The van der Waals surface area contributed by atoms with Crippen molar-refractivity contribution in [2.45, 2.75) is 51.0 Å². The normalized spacial score (nSPS) is 26.1. The Morgan fingerprint density at radius 3 is 2.70 bits per heavy atom. The average Bonchev–Trinajstić information content (AvgIpc) is 2.88. The van der Waals surface area contributed by atoms with Gasteiger partial charge in [-0.25, -0.2) is 4.99 Å². The van der Waals surface area contributed by atoms with Gasteiger partial charge >= 0.3 is 0 Å². The third kappa shape index (κ3) is 1.72. The molecule has 0 saturated heterocycles. The van der Waals surface area contributed by atoms with E-state index in [0.29, 0.717) is 5.96 Å². The summed E-state index contributed by atoms with van der Waals surface area (Å²) in [6.07, 6.45) is 2.81. The zero-order valence-electron chi connectivity index (χ0n) is 12.5. The minimum Gasteiger partial charge on any atom is -0.369 e. The lowest BCUT2D eigenvalue weighted by Gasteiger charge is -2.29. The van der Waals surface area contributed by atoms with Gasteiger partial charge in [-0.15, -0.1) is 11.3 Å². The summed E-state index contributed by atoms with van der Waals surface area (Å²) >= 11 is 1.83. The molecular weight excluding hydrogens is 270 g/mol. The smallest absolute Gasteiger partial charge is 0.261 e. The van der Waals surface area contributed by atoms with Gasteiger partial charge in [-0.05, 0) is 30.7 Å². The zero-order chi connectivity index (χ0) is 14.7. The molecule has 1 spiro atoms. The van der Waals surface area contributed by atoms with Crippen LogP contribution >= 0.6 is 11.3 Å². The molecule has 0 aromatic carbocycles. The van der Waals surface area contributed by atoms with Crippen LogP contribution < -0.4 is 5.73 Å². The minimum atomic E-state index is -0.744. The second-order valence-corrected chi connectivity index (χ2v) is 7.88. The number of hydrogen-bond acceptors (Lipinski definition) is 4. The number of thiophene rings is 1. The Morgan fingerprint density at radius 2 is 2.15 bits per heavy atom. The van der Waals surface area contributed by atoms with Crippen molar-refractivity contribution in [3.63, 3.8) is 0 Å². The molecule has 1 amide bonds. The van der Waals surface area contributed by atoms with Crippen LogP contribution in [0.2, 0.25) is 0 Å². The summed E-state index contributed by atoms with van der Waals surface area (Å²) in [5.41, 5.74) is 6.34. The largest absolute Gasteiger partial charge is 0.369 e. The number of nitrogens with zero attached hydrogens (tertiary/aromatic N) is 2. The Bertz CT molecular complexity index is 611. The van der Waals surface area contributed by atoms with Crippen molar-refractivity contribution in [3.8, 4) is 0 Å². The number of carbonyl (C=O) groups is 1. The molecule has 0 radical (unpaired) electrons. The van der Waals surface area contributed by atoms with Gasteiger partial charge in [0.25, 0.3) is 5.91 Å². The maximum atomic E-state index is 12.7. The van der Waals surface area contributed by atoms with Crippen molar-refractivity contribution in [2.24, 2.45) is 10.7 Å². The van der Waals surface area contributed by atoms with Crippen molar-refractivity contribution in [2.75, 3.05) is 7.05 Å². The zero-order valence-corrected chi connectivity index (χ0v) is 13.3. The molecule has 1 aliphatic carbocycles. The van der Waals surface area contributed by atoms with Crippen LogP contribution in [0.1, 0.15) is 48.9 Å². The fourth-order valence-corrected chi connectivity index (χ4v) is 4.34. The topological polar surface area (TPSA) is 58.7 Å². The van der Waals surface area contributed by atoms with Gasteiger partial charge in [-0.1, -0.05) is 20.8 Å². The summed E-state index contributed by atoms with van der Waals surface area (Å²) < 4.78 is 0. The number of aliphatic imine (C=N–C) groups is 1. The molecule has 1 unspecified atom stereocenters. The number of fused-ring (bicyclic) bond motifs is 2. The van der Waals surface area contributed by atoms with Crippen LogP contribution in [0.15, 0.2) is 11.1 Å². The van der Waals surface area contributed by atoms with Gasteiger partial charge in [0, 0.05) is 22.4 Å². The first-order chi connectivity index (χ1) is 9.25. The van der Waals surface area contributed by atoms with Crippen molar-refractivity contribution in [3.05, 3.63) is 21.4 Å². The molecule has 108 valence electrons. The molecule has 1 aliphatic heterocycles. The highest BCUT2D eigenvalue weighted by atomic mass is 32.1.